The first-order chi connectivity index (χ1) is 7.00. The summed E-state index contributed by atoms with van der Waals surface area (Å²) in [6, 6.07) is 0.634. The minimum atomic E-state index is 0.408. The van der Waals surface area contributed by atoms with Crippen LogP contribution in [0.4, 0.5) is 0 Å². The molecule has 1 aliphatic heterocycles. The van der Waals surface area contributed by atoms with E-state index >= 15 is 0 Å². The summed E-state index contributed by atoms with van der Waals surface area (Å²) in [7, 11) is 0. The van der Waals surface area contributed by atoms with E-state index in [2.05, 4.69) is 39.5 Å². The van der Waals surface area contributed by atoms with Gasteiger partial charge in [-0.05, 0) is 37.8 Å². The summed E-state index contributed by atoms with van der Waals surface area (Å²) in [6.45, 7) is 15.6. The van der Waals surface area contributed by atoms with Gasteiger partial charge in [0.15, 0.2) is 0 Å². The van der Waals surface area contributed by atoms with Gasteiger partial charge in [0.25, 0.3) is 0 Å². The van der Waals surface area contributed by atoms with Gasteiger partial charge in [-0.25, -0.2) is 0 Å². The largest absolute Gasteiger partial charge is 0.380 e. The predicted octanol–water partition coefficient (Wildman–Crippen LogP) is 2.78. The Morgan fingerprint density at radius 1 is 1.27 bits per heavy atom. The van der Waals surface area contributed by atoms with Gasteiger partial charge in [0.2, 0.25) is 0 Å². The van der Waals surface area contributed by atoms with Crippen molar-refractivity contribution in [1.82, 2.24) is 4.90 Å². The van der Waals surface area contributed by atoms with Crippen molar-refractivity contribution in [2.75, 3.05) is 26.3 Å². The van der Waals surface area contributed by atoms with E-state index in [-0.39, 0.29) is 0 Å². The van der Waals surface area contributed by atoms with Gasteiger partial charge in [0.1, 0.15) is 0 Å². The molecule has 1 heterocycles. The molecule has 0 aromatic carbocycles. The molecule has 0 aliphatic carbocycles. The molecule has 1 rings (SSSR count). The summed E-state index contributed by atoms with van der Waals surface area (Å²) in [5, 5.41) is 0. The third-order valence-corrected chi connectivity index (χ3v) is 3.67. The zero-order valence-corrected chi connectivity index (χ0v) is 11.0. The van der Waals surface area contributed by atoms with Crippen LogP contribution >= 0.6 is 0 Å². The fourth-order valence-electron chi connectivity index (χ4n) is 2.78. The number of nitrogens with zero attached hydrogens (tertiary/aromatic N) is 1. The molecule has 2 unspecified atom stereocenters. The van der Waals surface area contributed by atoms with Gasteiger partial charge in [-0.1, -0.05) is 27.7 Å². The maximum Gasteiger partial charge on any atom is 0.0624 e. The van der Waals surface area contributed by atoms with Gasteiger partial charge < -0.3 is 4.74 Å². The van der Waals surface area contributed by atoms with E-state index in [1.807, 2.05) is 0 Å². The first-order valence-corrected chi connectivity index (χ1v) is 6.32. The molecule has 90 valence electrons. The number of rotatable bonds is 4. The lowest BCUT2D eigenvalue weighted by molar-refractivity contribution is 0.0481. The van der Waals surface area contributed by atoms with E-state index in [4.69, 9.17) is 4.74 Å². The standard InChI is InChI=1S/C13H27NO/c1-6-14-9-8-11(13(3,4)5)12(14)10-15-7-2/h11-12H,6-10H2,1-5H3. The Balaban J connectivity index is 2.63. The third kappa shape index (κ3) is 3.18. The molecule has 0 radical (unpaired) electrons. The lowest BCUT2D eigenvalue weighted by Crippen LogP contribution is -2.40. The van der Waals surface area contributed by atoms with Crippen molar-refractivity contribution in [3.05, 3.63) is 0 Å². The van der Waals surface area contributed by atoms with Crippen LogP contribution in [0.1, 0.15) is 41.0 Å². The first-order valence-electron chi connectivity index (χ1n) is 6.32. The van der Waals surface area contributed by atoms with E-state index in [1.165, 1.54) is 13.0 Å². The summed E-state index contributed by atoms with van der Waals surface area (Å²) in [5.41, 5.74) is 0.408. The van der Waals surface area contributed by atoms with E-state index in [1.54, 1.807) is 0 Å². The molecule has 2 nitrogen and oxygen atoms in total. The number of ether oxygens (including phenoxy) is 1. The molecule has 0 aromatic heterocycles. The Kier molecular flexibility index (Phi) is 4.60. The van der Waals surface area contributed by atoms with Crippen LogP contribution in [0.3, 0.4) is 0 Å². The molecule has 1 aliphatic rings. The van der Waals surface area contributed by atoms with Crippen LogP contribution < -0.4 is 0 Å². The Morgan fingerprint density at radius 3 is 2.40 bits per heavy atom. The smallest absolute Gasteiger partial charge is 0.0624 e. The first kappa shape index (κ1) is 13.0. The van der Waals surface area contributed by atoms with Gasteiger partial charge in [0, 0.05) is 12.6 Å². The molecule has 1 saturated heterocycles. The van der Waals surface area contributed by atoms with Crippen LogP contribution in [0.15, 0.2) is 0 Å². The molecule has 0 bridgehead atoms. The van der Waals surface area contributed by atoms with Crippen LogP contribution in [0.2, 0.25) is 0 Å². The topological polar surface area (TPSA) is 12.5 Å². The summed E-state index contributed by atoms with van der Waals surface area (Å²) < 4.78 is 5.63. The minimum Gasteiger partial charge on any atom is -0.380 e. The number of hydrogen-bond acceptors (Lipinski definition) is 2. The average Bonchev–Trinajstić information content (AvgIpc) is 2.56. The van der Waals surface area contributed by atoms with E-state index in [9.17, 15) is 0 Å². The lowest BCUT2D eigenvalue weighted by Gasteiger charge is -2.34. The van der Waals surface area contributed by atoms with Gasteiger partial charge >= 0.3 is 0 Å². The molecule has 0 aromatic rings. The highest BCUT2D eigenvalue weighted by Crippen LogP contribution is 2.38. The highest BCUT2D eigenvalue weighted by molar-refractivity contribution is 4.92. The van der Waals surface area contributed by atoms with E-state index < -0.39 is 0 Å². The van der Waals surface area contributed by atoms with Gasteiger partial charge in [-0.2, -0.15) is 0 Å². The van der Waals surface area contributed by atoms with Crippen molar-refractivity contribution in [1.29, 1.82) is 0 Å². The van der Waals surface area contributed by atoms with Gasteiger partial charge in [-0.15, -0.1) is 0 Å². The summed E-state index contributed by atoms with van der Waals surface area (Å²) in [6.07, 6.45) is 1.33. The van der Waals surface area contributed by atoms with Gasteiger partial charge in [-0.3, -0.25) is 4.90 Å². The fraction of sp³-hybridized carbons (Fsp3) is 1.00. The monoisotopic (exact) mass is 213 g/mol. The van der Waals surface area contributed by atoms with Crippen molar-refractivity contribution in [2.24, 2.45) is 11.3 Å². The molecule has 0 spiro atoms. The highest BCUT2D eigenvalue weighted by atomic mass is 16.5. The second kappa shape index (κ2) is 5.31. The Morgan fingerprint density at radius 2 is 1.93 bits per heavy atom. The van der Waals surface area contributed by atoms with Crippen molar-refractivity contribution < 1.29 is 4.74 Å². The maximum absolute atomic E-state index is 5.63. The molecule has 0 amide bonds. The van der Waals surface area contributed by atoms with Crippen molar-refractivity contribution in [3.8, 4) is 0 Å². The summed E-state index contributed by atoms with van der Waals surface area (Å²) in [5.74, 6) is 0.781. The van der Waals surface area contributed by atoms with E-state index in [0.717, 1.165) is 25.7 Å². The van der Waals surface area contributed by atoms with Crippen molar-refractivity contribution >= 4 is 0 Å². The number of likely N-dealkylation sites (N-methyl/N-ethyl adjacent to an activating group) is 1. The molecular weight excluding hydrogens is 186 g/mol. The van der Waals surface area contributed by atoms with Crippen LogP contribution in [0.5, 0.6) is 0 Å². The molecule has 0 saturated carbocycles. The predicted molar refractivity (Wildman–Crippen MR) is 65.1 cm³/mol. The Hall–Kier alpha value is -0.0800. The summed E-state index contributed by atoms with van der Waals surface area (Å²) in [4.78, 5) is 2.57. The molecule has 0 N–H and O–H groups in total. The SMILES string of the molecule is CCOCC1C(C(C)(C)C)CCN1CC. The summed E-state index contributed by atoms with van der Waals surface area (Å²) >= 11 is 0. The molecular formula is C13H27NO. The minimum absolute atomic E-state index is 0.408. The zero-order chi connectivity index (χ0) is 11.5. The Bertz CT molecular complexity index is 185. The van der Waals surface area contributed by atoms with Crippen molar-refractivity contribution in [3.63, 3.8) is 0 Å². The molecule has 1 fully saturated rings. The van der Waals surface area contributed by atoms with Crippen LogP contribution in [0, 0.1) is 11.3 Å². The Labute approximate surface area is 95.0 Å². The third-order valence-electron chi connectivity index (χ3n) is 3.67. The normalized spacial score (nSPS) is 28.6. The lowest BCUT2D eigenvalue weighted by atomic mass is 9.76. The second-order valence-electron chi connectivity index (χ2n) is 5.62. The van der Waals surface area contributed by atoms with Gasteiger partial charge in [0.05, 0.1) is 6.61 Å². The zero-order valence-electron chi connectivity index (χ0n) is 11.0. The van der Waals surface area contributed by atoms with Crippen LogP contribution in [-0.4, -0.2) is 37.2 Å². The average molecular weight is 213 g/mol. The maximum atomic E-state index is 5.63. The second-order valence-corrected chi connectivity index (χ2v) is 5.62. The van der Waals surface area contributed by atoms with Crippen molar-refractivity contribution in [2.45, 2.75) is 47.1 Å². The highest BCUT2D eigenvalue weighted by Gasteiger charge is 2.39. The molecule has 2 heteroatoms. The molecule has 2 atom stereocenters. The molecule has 15 heavy (non-hydrogen) atoms. The quantitative estimate of drug-likeness (QED) is 0.712. The van der Waals surface area contributed by atoms with E-state index in [0.29, 0.717) is 11.5 Å². The van der Waals surface area contributed by atoms with Crippen LogP contribution in [0.25, 0.3) is 0 Å². The number of likely N-dealkylation sites (tertiary alicyclic amines) is 1. The van der Waals surface area contributed by atoms with Crippen LogP contribution in [-0.2, 0) is 4.74 Å². The number of hydrogen-bond donors (Lipinski definition) is 0. The fourth-order valence-corrected chi connectivity index (χ4v) is 2.78.